The summed E-state index contributed by atoms with van der Waals surface area (Å²) in [7, 11) is 2.01. The molecule has 14 nitrogen and oxygen atoms in total. The van der Waals surface area contributed by atoms with Gasteiger partial charge in [0.2, 0.25) is 5.91 Å². The number of pyridine rings is 2. The molecular formula is C48H44ClN9O5. The maximum absolute atomic E-state index is 13.2. The van der Waals surface area contributed by atoms with Gasteiger partial charge in [-0.3, -0.25) is 19.4 Å². The largest absolute Gasteiger partial charge is 0.508 e. The Balaban J connectivity index is 0.800. The lowest BCUT2D eigenvalue weighted by atomic mass is 9.92. The van der Waals surface area contributed by atoms with Gasteiger partial charge in [0.15, 0.2) is 0 Å². The Kier molecular flexibility index (Phi) is 12.1. The lowest BCUT2D eigenvalue weighted by Crippen LogP contribution is -2.36. The van der Waals surface area contributed by atoms with Gasteiger partial charge in [0.25, 0.3) is 17.8 Å². The zero-order chi connectivity index (χ0) is 44.2. The number of rotatable bonds is 14. The molecule has 4 heterocycles. The molecule has 4 aromatic carbocycles. The van der Waals surface area contributed by atoms with E-state index in [0.717, 1.165) is 55.4 Å². The minimum atomic E-state index is -0.421. The minimum absolute atomic E-state index is 0.0337. The number of phenolic OH excluding ortho intramolecular Hbond substituents is 1. The number of aromatic amines is 1. The molecule has 0 saturated carbocycles. The van der Waals surface area contributed by atoms with E-state index < -0.39 is 5.91 Å². The highest BCUT2D eigenvalue weighted by atomic mass is 35.5. The van der Waals surface area contributed by atoms with Gasteiger partial charge >= 0.3 is 0 Å². The number of nitrogens with zero attached hydrogens (tertiary/aromatic N) is 4. The topological polar surface area (TPSA) is 202 Å². The van der Waals surface area contributed by atoms with Crippen LogP contribution in [0.2, 0.25) is 5.02 Å². The smallest absolute Gasteiger partial charge is 0.300 e. The van der Waals surface area contributed by atoms with E-state index in [0.29, 0.717) is 39.6 Å². The standard InChI is InChI=1S/C48H44ClN9O5/c1-4-34-37(26-55-45(50)44(34)28-6-10-32(59)11-7-28)31-8-13-39(54-25-31)47(62)52-17-15-43(60)51-18-19-53-46(61)35-22-33(12-5-27(35)2)63-48-56-40-23-36(38(49)24-41(40)57-48)29-9-14-42-30(21-29)16-20-58(42)3/h5-14,16,20-26,59H,4,15,17-19H2,1-3H3,(H2,50,55)(H,51,60)(H,52,62)(H,53,61)(H,56,57). The molecule has 15 heteroatoms. The number of carbonyl (C=O) groups excluding carboxylic acids is 3. The number of anilines is 1. The number of halogens is 1. The van der Waals surface area contributed by atoms with E-state index in [1.165, 1.54) is 0 Å². The summed E-state index contributed by atoms with van der Waals surface area (Å²) < 4.78 is 8.12. The van der Waals surface area contributed by atoms with E-state index in [-0.39, 0.29) is 55.3 Å². The molecule has 0 unspecified atom stereocenters. The van der Waals surface area contributed by atoms with Crippen LogP contribution in [0.25, 0.3) is 55.3 Å². The van der Waals surface area contributed by atoms with Crippen LogP contribution in [0.5, 0.6) is 17.5 Å². The quantitative estimate of drug-likeness (QED) is 0.0584. The number of imidazole rings is 1. The summed E-state index contributed by atoms with van der Waals surface area (Å²) in [5.74, 6) is -0.0930. The Hall–Kier alpha value is -7.71. The van der Waals surface area contributed by atoms with Crippen LogP contribution in [0.3, 0.4) is 0 Å². The Bertz CT molecular complexity index is 3020. The molecule has 4 aromatic heterocycles. The number of aromatic hydroxyl groups is 1. The number of carbonyl (C=O) groups is 3. The molecule has 0 atom stereocenters. The molecule has 0 aliphatic rings. The predicted molar refractivity (Wildman–Crippen MR) is 245 cm³/mol. The van der Waals surface area contributed by atoms with Crippen LogP contribution >= 0.6 is 11.6 Å². The minimum Gasteiger partial charge on any atom is -0.508 e. The van der Waals surface area contributed by atoms with Gasteiger partial charge < -0.3 is 41.1 Å². The van der Waals surface area contributed by atoms with Crippen LogP contribution in [0.15, 0.2) is 110 Å². The Labute approximate surface area is 367 Å². The van der Waals surface area contributed by atoms with Crippen molar-refractivity contribution in [3.8, 4) is 50.9 Å². The number of fused-ring (bicyclic) bond motifs is 2. The summed E-state index contributed by atoms with van der Waals surface area (Å²) >= 11 is 6.72. The fourth-order valence-electron chi connectivity index (χ4n) is 7.51. The lowest BCUT2D eigenvalue weighted by Gasteiger charge is -2.16. The SMILES string of the molecule is CCc1c(-c2ccc(C(=O)NCCC(=O)NCCNC(=O)c3cc(Oc4nc5cc(-c6ccc7c(ccn7C)c6)c(Cl)cc5[nH]4)ccc3C)nc2)cnc(N)c1-c1ccc(O)cc1. The first-order valence-electron chi connectivity index (χ1n) is 20.3. The molecule has 63 heavy (non-hydrogen) atoms. The van der Waals surface area contributed by atoms with E-state index in [4.69, 9.17) is 22.1 Å². The van der Waals surface area contributed by atoms with Crippen LogP contribution in [-0.4, -0.2) is 67.0 Å². The van der Waals surface area contributed by atoms with Gasteiger partial charge in [0.05, 0.1) is 16.1 Å². The summed E-state index contributed by atoms with van der Waals surface area (Å²) in [6.45, 7) is 4.31. The molecule has 0 aliphatic carbocycles. The lowest BCUT2D eigenvalue weighted by molar-refractivity contribution is -0.120. The zero-order valence-electron chi connectivity index (χ0n) is 34.8. The van der Waals surface area contributed by atoms with Gasteiger partial charge in [0, 0.05) is 90.4 Å². The molecule has 0 saturated heterocycles. The van der Waals surface area contributed by atoms with Crippen molar-refractivity contribution in [2.24, 2.45) is 7.05 Å². The molecule has 0 bridgehead atoms. The number of benzene rings is 4. The summed E-state index contributed by atoms with van der Waals surface area (Å²) in [6.07, 6.45) is 6.01. The maximum atomic E-state index is 13.2. The third-order valence-electron chi connectivity index (χ3n) is 10.8. The Morgan fingerprint density at radius 2 is 1.59 bits per heavy atom. The fourth-order valence-corrected chi connectivity index (χ4v) is 7.78. The van der Waals surface area contributed by atoms with Crippen molar-refractivity contribution in [3.05, 3.63) is 137 Å². The molecule has 8 rings (SSSR count). The first-order valence-corrected chi connectivity index (χ1v) is 20.7. The van der Waals surface area contributed by atoms with Crippen LogP contribution in [0.4, 0.5) is 5.82 Å². The number of nitrogens with two attached hydrogens (primary N) is 1. The third kappa shape index (κ3) is 9.16. The van der Waals surface area contributed by atoms with Gasteiger partial charge in [-0.05, 0) is 96.3 Å². The highest BCUT2D eigenvalue weighted by Crippen LogP contribution is 2.37. The van der Waals surface area contributed by atoms with Gasteiger partial charge in [-0.25, -0.2) is 4.98 Å². The van der Waals surface area contributed by atoms with Crippen LogP contribution < -0.4 is 26.4 Å². The average molecular weight is 862 g/mol. The van der Waals surface area contributed by atoms with Crippen molar-refractivity contribution >= 4 is 57.1 Å². The number of aryl methyl sites for hydroxylation is 2. The highest BCUT2D eigenvalue weighted by molar-refractivity contribution is 6.34. The zero-order valence-corrected chi connectivity index (χ0v) is 35.5. The van der Waals surface area contributed by atoms with Crippen molar-refractivity contribution in [1.82, 2.24) is 40.5 Å². The fraction of sp³-hybridized carbons (Fsp3) is 0.167. The molecule has 0 fully saturated rings. The first-order chi connectivity index (χ1) is 30.4. The van der Waals surface area contributed by atoms with Gasteiger partial charge in [0.1, 0.15) is 23.0 Å². The second-order valence-electron chi connectivity index (χ2n) is 15.0. The number of H-pyrrole nitrogens is 1. The second-order valence-corrected chi connectivity index (χ2v) is 15.4. The molecular weight excluding hydrogens is 818 g/mol. The van der Waals surface area contributed by atoms with Crippen LogP contribution in [-0.2, 0) is 18.3 Å². The number of hydrogen-bond acceptors (Lipinski definition) is 9. The highest BCUT2D eigenvalue weighted by Gasteiger charge is 2.18. The van der Waals surface area contributed by atoms with Crippen molar-refractivity contribution in [2.45, 2.75) is 26.7 Å². The van der Waals surface area contributed by atoms with E-state index in [1.54, 1.807) is 67.0 Å². The molecule has 318 valence electrons. The van der Waals surface area contributed by atoms with E-state index in [1.807, 2.05) is 45.3 Å². The summed E-state index contributed by atoms with van der Waals surface area (Å²) in [5, 5.41) is 19.8. The second kappa shape index (κ2) is 18.1. The van der Waals surface area contributed by atoms with Crippen molar-refractivity contribution < 1.29 is 24.2 Å². The number of hydrogen-bond donors (Lipinski definition) is 6. The average Bonchev–Trinajstić information content (AvgIpc) is 3.86. The number of amides is 3. The van der Waals surface area contributed by atoms with Gasteiger partial charge in [-0.2, -0.15) is 4.98 Å². The number of phenols is 1. The number of aromatic nitrogens is 5. The van der Waals surface area contributed by atoms with Crippen LogP contribution in [0.1, 0.15) is 45.3 Å². The molecule has 7 N–H and O–H groups in total. The summed E-state index contributed by atoms with van der Waals surface area (Å²) in [4.78, 5) is 55.2. The first kappa shape index (κ1) is 42.0. The Morgan fingerprint density at radius 1 is 0.825 bits per heavy atom. The summed E-state index contributed by atoms with van der Waals surface area (Å²) in [6, 6.07) is 27.6. The predicted octanol–water partition coefficient (Wildman–Crippen LogP) is 8.12. The molecule has 0 spiro atoms. The maximum Gasteiger partial charge on any atom is 0.300 e. The van der Waals surface area contributed by atoms with Crippen molar-refractivity contribution in [2.75, 3.05) is 25.4 Å². The van der Waals surface area contributed by atoms with E-state index in [2.05, 4.69) is 58.7 Å². The number of nitrogens with one attached hydrogen (secondary N) is 4. The van der Waals surface area contributed by atoms with Gasteiger partial charge in [-0.1, -0.05) is 48.9 Å². The summed E-state index contributed by atoms with van der Waals surface area (Å²) in [5.41, 5.74) is 16.1. The van der Waals surface area contributed by atoms with Crippen LogP contribution in [0, 0.1) is 6.92 Å². The molecule has 8 aromatic rings. The number of nitrogen functional groups attached to an aromatic ring is 1. The van der Waals surface area contributed by atoms with Gasteiger partial charge in [-0.15, -0.1) is 0 Å². The van der Waals surface area contributed by atoms with Crippen molar-refractivity contribution in [1.29, 1.82) is 0 Å². The van der Waals surface area contributed by atoms with Crippen molar-refractivity contribution in [3.63, 3.8) is 0 Å². The van der Waals surface area contributed by atoms with E-state index in [9.17, 15) is 19.5 Å². The Morgan fingerprint density at radius 3 is 2.37 bits per heavy atom. The monoisotopic (exact) mass is 861 g/mol. The molecule has 0 radical (unpaired) electrons. The third-order valence-corrected chi connectivity index (χ3v) is 11.1. The molecule has 3 amide bonds. The number of ether oxygens (including phenoxy) is 1. The normalized spacial score (nSPS) is 11.2. The molecule has 0 aliphatic heterocycles. The van der Waals surface area contributed by atoms with E-state index >= 15 is 0 Å².